The van der Waals surface area contributed by atoms with Crippen molar-refractivity contribution in [2.24, 2.45) is 0 Å². The van der Waals surface area contributed by atoms with Crippen LogP contribution in [0.3, 0.4) is 0 Å². The number of ether oxygens (including phenoxy) is 2. The molecule has 0 radical (unpaired) electrons. The van der Waals surface area contributed by atoms with Gasteiger partial charge < -0.3 is 9.47 Å². The van der Waals surface area contributed by atoms with Crippen LogP contribution in [-0.2, 0) is 6.42 Å². The van der Waals surface area contributed by atoms with E-state index >= 15 is 0 Å². The molecule has 0 fully saturated rings. The number of halogens is 3. The number of carbonyl (C=O) groups excluding carboxylic acids is 1. The van der Waals surface area contributed by atoms with Crippen LogP contribution in [0, 0.1) is 13.8 Å². The maximum atomic E-state index is 12.5. The van der Waals surface area contributed by atoms with Crippen LogP contribution in [0.1, 0.15) is 33.5 Å². The van der Waals surface area contributed by atoms with Gasteiger partial charge in [-0.2, -0.15) is 13.2 Å². The number of rotatable bonds is 7. The molecule has 0 unspecified atom stereocenters. The first-order chi connectivity index (χ1) is 12.2. The minimum absolute atomic E-state index is 0.00466. The molecule has 0 aromatic heterocycles. The van der Waals surface area contributed by atoms with Crippen molar-refractivity contribution in [3.05, 3.63) is 58.7 Å². The van der Waals surface area contributed by atoms with Gasteiger partial charge in [-0.1, -0.05) is 29.3 Å². The zero-order chi connectivity index (χ0) is 19.3. The lowest BCUT2D eigenvalue weighted by molar-refractivity contribution is -0.153. The van der Waals surface area contributed by atoms with Crippen LogP contribution in [-0.4, -0.2) is 25.7 Å². The van der Waals surface area contributed by atoms with E-state index in [1.807, 2.05) is 26.0 Å². The lowest BCUT2D eigenvalue weighted by Crippen LogP contribution is -2.19. The highest BCUT2D eigenvalue weighted by Gasteiger charge is 2.28. The Bertz CT molecular complexity index is 762. The number of methoxy groups -OCH3 is 1. The third kappa shape index (κ3) is 5.79. The second-order valence-corrected chi connectivity index (χ2v) is 6.19. The molecule has 0 spiro atoms. The van der Waals surface area contributed by atoms with E-state index in [4.69, 9.17) is 4.74 Å². The summed E-state index contributed by atoms with van der Waals surface area (Å²) in [6.45, 7) is 2.61. The third-order valence-electron chi connectivity index (χ3n) is 3.80. The zero-order valence-electron chi connectivity index (χ0n) is 14.9. The Labute approximate surface area is 150 Å². The fourth-order valence-electron chi connectivity index (χ4n) is 2.76. The Morgan fingerprint density at radius 3 is 2.27 bits per heavy atom. The van der Waals surface area contributed by atoms with Crippen molar-refractivity contribution in [2.75, 3.05) is 13.7 Å². The normalized spacial score (nSPS) is 11.3. The average Bonchev–Trinajstić information content (AvgIpc) is 2.56. The quantitative estimate of drug-likeness (QED) is 0.642. The number of aryl methyl sites for hydroxylation is 3. The third-order valence-corrected chi connectivity index (χ3v) is 3.80. The van der Waals surface area contributed by atoms with Crippen molar-refractivity contribution in [1.82, 2.24) is 0 Å². The van der Waals surface area contributed by atoms with E-state index in [-0.39, 0.29) is 23.7 Å². The minimum atomic E-state index is -4.42. The summed E-state index contributed by atoms with van der Waals surface area (Å²) in [6, 6.07) is 10.2. The van der Waals surface area contributed by atoms with E-state index in [0.29, 0.717) is 12.0 Å². The summed E-state index contributed by atoms with van der Waals surface area (Å²) in [5.41, 5.74) is 3.67. The maximum Gasteiger partial charge on any atom is 0.422 e. The number of hydrogen-bond donors (Lipinski definition) is 0. The molecule has 0 aliphatic carbocycles. The van der Waals surface area contributed by atoms with E-state index in [1.54, 1.807) is 0 Å². The Kier molecular flexibility index (Phi) is 6.29. The van der Waals surface area contributed by atoms with Gasteiger partial charge in [0.1, 0.15) is 11.5 Å². The predicted molar refractivity (Wildman–Crippen MR) is 93.1 cm³/mol. The van der Waals surface area contributed by atoms with E-state index in [9.17, 15) is 18.0 Å². The number of alkyl halides is 3. The largest absolute Gasteiger partial charge is 0.496 e. The first kappa shape index (κ1) is 19.8. The molecule has 0 amide bonds. The predicted octanol–water partition coefficient (Wildman–Crippen LogP) is 5.07. The topological polar surface area (TPSA) is 35.5 Å². The Morgan fingerprint density at radius 1 is 1.04 bits per heavy atom. The van der Waals surface area contributed by atoms with E-state index in [2.05, 4.69) is 10.8 Å². The van der Waals surface area contributed by atoms with Gasteiger partial charge >= 0.3 is 6.18 Å². The van der Waals surface area contributed by atoms with Gasteiger partial charge in [0.15, 0.2) is 12.4 Å². The van der Waals surface area contributed by atoms with Crippen molar-refractivity contribution in [1.29, 1.82) is 0 Å². The molecule has 6 heteroatoms. The van der Waals surface area contributed by atoms with Gasteiger partial charge in [0, 0.05) is 12.5 Å². The fraction of sp³-hybridized carbons (Fsp3) is 0.350. The molecule has 26 heavy (non-hydrogen) atoms. The molecule has 2 rings (SSSR count). The molecule has 140 valence electrons. The summed E-state index contributed by atoms with van der Waals surface area (Å²) in [4.78, 5) is 12.5. The molecule has 2 aromatic carbocycles. The van der Waals surface area contributed by atoms with Crippen molar-refractivity contribution in [3.63, 3.8) is 0 Å². The van der Waals surface area contributed by atoms with Crippen LogP contribution in [0.5, 0.6) is 11.5 Å². The van der Waals surface area contributed by atoms with Crippen LogP contribution in [0.2, 0.25) is 0 Å². The lowest BCUT2D eigenvalue weighted by atomic mass is 9.99. The van der Waals surface area contributed by atoms with E-state index in [0.717, 1.165) is 16.7 Å². The zero-order valence-corrected chi connectivity index (χ0v) is 14.9. The maximum absolute atomic E-state index is 12.5. The summed E-state index contributed by atoms with van der Waals surface area (Å²) in [6.07, 6.45) is -3.56. The first-order valence-corrected chi connectivity index (χ1v) is 8.16. The van der Waals surface area contributed by atoms with Gasteiger partial charge in [0.2, 0.25) is 0 Å². The number of carbonyl (C=O) groups is 1. The molecule has 0 aliphatic heterocycles. The van der Waals surface area contributed by atoms with Crippen molar-refractivity contribution < 1.29 is 27.4 Å². The van der Waals surface area contributed by atoms with Crippen molar-refractivity contribution >= 4 is 5.78 Å². The summed E-state index contributed by atoms with van der Waals surface area (Å²) >= 11 is 0. The Morgan fingerprint density at radius 2 is 1.69 bits per heavy atom. The van der Waals surface area contributed by atoms with Gasteiger partial charge in [0.25, 0.3) is 0 Å². The molecule has 2 aromatic rings. The second kappa shape index (κ2) is 8.25. The molecule has 0 bridgehead atoms. The van der Waals surface area contributed by atoms with Gasteiger partial charge in [-0.05, 0) is 38.0 Å². The molecule has 0 aliphatic rings. The minimum Gasteiger partial charge on any atom is -0.496 e. The van der Waals surface area contributed by atoms with Gasteiger partial charge in [-0.25, -0.2) is 0 Å². The molecule has 0 atom stereocenters. The van der Waals surface area contributed by atoms with Gasteiger partial charge in [-0.3, -0.25) is 4.79 Å². The summed E-state index contributed by atoms with van der Waals surface area (Å²) in [5.74, 6) is 0.0727. The number of Topliss-reactive ketones (excluding diaryl/α,β-unsaturated/α-hetero) is 1. The number of benzene rings is 2. The van der Waals surface area contributed by atoms with Crippen molar-refractivity contribution in [2.45, 2.75) is 32.9 Å². The summed E-state index contributed by atoms with van der Waals surface area (Å²) in [5, 5.41) is 0. The molecule has 0 saturated heterocycles. The number of ketones is 1. The average molecular weight is 366 g/mol. The van der Waals surface area contributed by atoms with Crippen LogP contribution >= 0.6 is 0 Å². The van der Waals surface area contributed by atoms with Crippen LogP contribution in [0.25, 0.3) is 0 Å². The first-order valence-electron chi connectivity index (χ1n) is 8.16. The van der Waals surface area contributed by atoms with E-state index in [1.165, 1.54) is 25.3 Å². The van der Waals surface area contributed by atoms with Crippen LogP contribution in [0.15, 0.2) is 36.4 Å². The summed E-state index contributed by atoms with van der Waals surface area (Å²) < 4.78 is 46.6. The molecule has 0 heterocycles. The molecular formula is C20H21F3O3. The fourth-order valence-corrected chi connectivity index (χ4v) is 2.76. The molecular weight excluding hydrogens is 345 g/mol. The molecule has 0 saturated carbocycles. The highest BCUT2D eigenvalue weighted by molar-refractivity contribution is 5.99. The Hall–Kier alpha value is -2.50. The molecule has 0 N–H and O–H groups in total. The lowest BCUT2D eigenvalue weighted by Gasteiger charge is -2.12. The SMILES string of the molecule is COc1cc(OCC(F)(F)F)ccc1C(=O)CCc1cc(C)cc(C)c1. The Balaban J connectivity index is 2.07. The smallest absolute Gasteiger partial charge is 0.422 e. The summed E-state index contributed by atoms with van der Waals surface area (Å²) in [7, 11) is 1.36. The van der Waals surface area contributed by atoms with Crippen LogP contribution < -0.4 is 9.47 Å². The van der Waals surface area contributed by atoms with Crippen molar-refractivity contribution in [3.8, 4) is 11.5 Å². The van der Waals surface area contributed by atoms with Crippen LogP contribution in [0.4, 0.5) is 13.2 Å². The van der Waals surface area contributed by atoms with E-state index < -0.39 is 12.8 Å². The van der Waals surface area contributed by atoms with Gasteiger partial charge in [0.05, 0.1) is 12.7 Å². The number of hydrogen-bond acceptors (Lipinski definition) is 3. The second-order valence-electron chi connectivity index (χ2n) is 6.19. The highest BCUT2D eigenvalue weighted by Crippen LogP contribution is 2.27. The van der Waals surface area contributed by atoms with Gasteiger partial charge in [-0.15, -0.1) is 0 Å². The standard InChI is InChI=1S/C20H21F3O3/c1-13-8-14(2)10-15(9-13)4-7-18(24)17-6-5-16(11-19(17)25-3)26-12-20(21,22)23/h5-6,8-11H,4,7,12H2,1-3H3. The highest BCUT2D eigenvalue weighted by atomic mass is 19.4. The monoisotopic (exact) mass is 366 g/mol. The molecule has 3 nitrogen and oxygen atoms in total.